The van der Waals surface area contributed by atoms with Crippen molar-refractivity contribution >= 4 is 11.3 Å². The van der Waals surface area contributed by atoms with E-state index in [2.05, 4.69) is 11.9 Å². The van der Waals surface area contributed by atoms with Gasteiger partial charge >= 0.3 is 57.6 Å². The van der Waals surface area contributed by atoms with Crippen molar-refractivity contribution in [2.24, 2.45) is 0 Å². The van der Waals surface area contributed by atoms with E-state index >= 15 is 0 Å². The summed E-state index contributed by atoms with van der Waals surface area (Å²) in [4.78, 5) is 3.16. The summed E-state index contributed by atoms with van der Waals surface area (Å²) in [7, 11) is 0. The molecule has 0 aromatic carbocycles. The molecule has 0 aliphatic rings. The maximum Gasteiger partial charge on any atom is 1.00 e. The van der Waals surface area contributed by atoms with Crippen LogP contribution >= 0.6 is 11.3 Å². The van der Waals surface area contributed by atoms with Crippen molar-refractivity contribution in [2.75, 3.05) is 0 Å². The summed E-state index contributed by atoms with van der Waals surface area (Å²) in [6, 6.07) is 0. The van der Waals surface area contributed by atoms with Gasteiger partial charge in [0.25, 0.3) is 0 Å². The molecule has 11 heavy (non-hydrogen) atoms. The molecule has 0 fully saturated rings. The molecule has 0 saturated carbocycles. The minimum absolute atomic E-state index is 0. The number of hydrogen-bond acceptors (Lipinski definition) is 2. The fourth-order valence-electron chi connectivity index (χ4n) is 0.437. The van der Waals surface area contributed by atoms with Crippen LogP contribution in [0.1, 0.15) is 10.7 Å². The molecule has 0 saturated heterocycles. The standard InChI is InChI=1S/C5H3F3NS.K/c1-3-2-10-4(9-3)5(6,7)8;/h2H,1H2;/q-1;+1. The minimum Gasteiger partial charge on any atom is -0.274 e. The van der Waals surface area contributed by atoms with Gasteiger partial charge in [0.1, 0.15) is 0 Å². The number of hydrogen-bond donors (Lipinski definition) is 0. The third kappa shape index (κ3) is 3.43. The van der Waals surface area contributed by atoms with Gasteiger partial charge in [0, 0.05) is 0 Å². The molecule has 6 heteroatoms. The molecule has 0 radical (unpaired) electrons. The summed E-state index contributed by atoms with van der Waals surface area (Å²) in [5, 5.41) is 0.431. The Kier molecular flexibility index (Phi) is 4.60. The molecular formula is C5H3F3KNS. The van der Waals surface area contributed by atoms with E-state index in [9.17, 15) is 13.2 Å². The van der Waals surface area contributed by atoms with Gasteiger partial charge in [0.2, 0.25) is 0 Å². The smallest absolute Gasteiger partial charge is 0.274 e. The van der Waals surface area contributed by atoms with Crippen LogP contribution in [-0.4, -0.2) is 4.98 Å². The first-order valence-electron chi connectivity index (χ1n) is 2.35. The first kappa shape index (κ1) is 11.9. The second kappa shape index (κ2) is 4.24. The predicted octanol–water partition coefficient (Wildman–Crippen LogP) is -0.652. The van der Waals surface area contributed by atoms with Crippen molar-refractivity contribution in [3.8, 4) is 0 Å². The Bertz CT molecular complexity index is 232. The van der Waals surface area contributed by atoms with Gasteiger partial charge in [-0.2, -0.15) is 13.2 Å². The van der Waals surface area contributed by atoms with Crippen molar-refractivity contribution in [3.05, 3.63) is 23.0 Å². The second-order valence-electron chi connectivity index (χ2n) is 1.64. The van der Waals surface area contributed by atoms with E-state index in [1.807, 2.05) is 0 Å². The third-order valence-corrected chi connectivity index (χ3v) is 1.73. The van der Waals surface area contributed by atoms with Crippen LogP contribution in [0.4, 0.5) is 13.2 Å². The quantitative estimate of drug-likeness (QED) is 0.405. The summed E-state index contributed by atoms with van der Waals surface area (Å²) in [6.07, 6.45) is -4.32. The first-order valence-corrected chi connectivity index (χ1v) is 3.23. The van der Waals surface area contributed by atoms with Crippen LogP contribution in [0.25, 0.3) is 0 Å². The number of halogens is 3. The Balaban J connectivity index is 0.000001000. The zero-order valence-electron chi connectivity index (χ0n) is 5.77. The molecule has 0 N–H and O–H groups in total. The van der Waals surface area contributed by atoms with Gasteiger partial charge in [-0.1, -0.05) is 5.69 Å². The molecule has 1 rings (SSSR count). The zero-order valence-corrected chi connectivity index (χ0v) is 9.71. The summed E-state index contributed by atoms with van der Waals surface area (Å²) in [6.45, 7) is 3.25. The largest absolute Gasteiger partial charge is 1.00 e. The Morgan fingerprint density at radius 3 is 2.18 bits per heavy atom. The molecule has 1 nitrogen and oxygen atoms in total. The fourth-order valence-corrected chi connectivity index (χ4v) is 1.04. The molecule has 0 aliphatic carbocycles. The summed E-state index contributed by atoms with van der Waals surface area (Å²) in [5.74, 6) is 0. The Labute approximate surface area is 108 Å². The van der Waals surface area contributed by atoms with Crippen LogP contribution in [0.2, 0.25) is 0 Å². The van der Waals surface area contributed by atoms with E-state index in [4.69, 9.17) is 0 Å². The molecule has 0 bridgehead atoms. The van der Waals surface area contributed by atoms with E-state index in [1.165, 1.54) is 5.38 Å². The maximum absolute atomic E-state index is 11.7. The Morgan fingerprint density at radius 2 is 2.00 bits per heavy atom. The summed E-state index contributed by atoms with van der Waals surface area (Å²) in [5.41, 5.74) is 0.164. The van der Waals surface area contributed by atoms with Crippen molar-refractivity contribution in [2.45, 2.75) is 6.18 Å². The molecular weight excluding hydrogens is 202 g/mol. The average molecular weight is 205 g/mol. The summed E-state index contributed by atoms with van der Waals surface area (Å²) >= 11 is 0.558. The molecule has 0 spiro atoms. The van der Waals surface area contributed by atoms with E-state index < -0.39 is 11.2 Å². The molecule has 0 amide bonds. The van der Waals surface area contributed by atoms with E-state index in [0.29, 0.717) is 11.3 Å². The SMILES string of the molecule is [CH2-]c1csc(C(F)(F)F)n1.[K+]. The van der Waals surface area contributed by atoms with Crippen molar-refractivity contribution < 1.29 is 64.6 Å². The number of thiazole rings is 1. The molecule has 1 aromatic heterocycles. The average Bonchev–Trinajstić information content (AvgIpc) is 2.11. The van der Waals surface area contributed by atoms with Crippen molar-refractivity contribution in [1.29, 1.82) is 0 Å². The topological polar surface area (TPSA) is 12.9 Å². The zero-order chi connectivity index (χ0) is 7.78. The number of rotatable bonds is 0. The number of aromatic nitrogens is 1. The van der Waals surface area contributed by atoms with Crippen LogP contribution in [0.3, 0.4) is 0 Å². The molecule has 0 atom stereocenters. The van der Waals surface area contributed by atoms with Crippen LogP contribution in [0.5, 0.6) is 0 Å². The Morgan fingerprint density at radius 1 is 1.45 bits per heavy atom. The van der Waals surface area contributed by atoms with Gasteiger partial charge in [-0.15, -0.1) is 5.38 Å². The normalized spacial score (nSPS) is 10.8. The van der Waals surface area contributed by atoms with Gasteiger partial charge in [-0.25, -0.2) is 18.3 Å². The molecule has 56 valence electrons. The molecule has 1 heterocycles. The van der Waals surface area contributed by atoms with E-state index in [-0.39, 0.29) is 57.1 Å². The van der Waals surface area contributed by atoms with Gasteiger partial charge in [0.15, 0.2) is 5.01 Å². The summed E-state index contributed by atoms with van der Waals surface area (Å²) < 4.78 is 35.2. The number of alkyl halides is 3. The predicted molar refractivity (Wildman–Crippen MR) is 31.6 cm³/mol. The van der Waals surface area contributed by atoms with E-state index in [0.717, 1.165) is 0 Å². The maximum atomic E-state index is 11.7. The van der Waals surface area contributed by atoms with Crippen LogP contribution < -0.4 is 51.4 Å². The van der Waals surface area contributed by atoms with Crippen molar-refractivity contribution in [1.82, 2.24) is 4.98 Å². The monoisotopic (exact) mass is 205 g/mol. The second-order valence-corrected chi connectivity index (χ2v) is 2.50. The molecule has 1 aromatic rings. The van der Waals surface area contributed by atoms with Gasteiger partial charge in [0.05, 0.1) is 0 Å². The van der Waals surface area contributed by atoms with Gasteiger partial charge < -0.3 is 0 Å². The Hall–Kier alpha value is 0.926. The first-order chi connectivity index (χ1) is 4.50. The van der Waals surface area contributed by atoms with Crippen molar-refractivity contribution in [3.63, 3.8) is 0 Å². The third-order valence-electron chi connectivity index (χ3n) is 0.794. The fraction of sp³-hybridized carbons (Fsp3) is 0.200. The van der Waals surface area contributed by atoms with Crippen LogP contribution in [0, 0.1) is 6.92 Å². The van der Waals surface area contributed by atoms with Crippen LogP contribution in [0.15, 0.2) is 5.38 Å². The number of nitrogens with zero attached hydrogens (tertiary/aromatic N) is 1. The minimum atomic E-state index is -4.32. The van der Waals surface area contributed by atoms with Gasteiger partial charge in [-0.3, -0.25) is 4.98 Å². The molecule has 0 unspecified atom stereocenters. The van der Waals surface area contributed by atoms with Crippen LogP contribution in [-0.2, 0) is 6.18 Å². The van der Waals surface area contributed by atoms with E-state index in [1.54, 1.807) is 0 Å². The van der Waals surface area contributed by atoms with Gasteiger partial charge in [-0.05, 0) is 0 Å². The molecule has 0 aliphatic heterocycles.